The van der Waals surface area contributed by atoms with Crippen LogP contribution in [0.4, 0.5) is 0 Å². The van der Waals surface area contributed by atoms with Crippen molar-refractivity contribution >= 4 is 40.9 Å². The van der Waals surface area contributed by atoms with E-state index in [4.69, 9.17) is 23.2 Å². The smallest absolute Gasteiger partial charge is 0.232 e. The molecule has 2 nitrogen and oxygen atoms in total. The van der Waals surface area contributed by atoms with E-state index in [1.54, 1.807) is 0 Å². The van der Waals surface area contributed by atoms with Crippen molar-refractivity contribution in [2.24, 2.45) is 5.41 Å². The number of hydrogen-bond acceptors (Lipinski definition) is 2. The molecule has 1 saturated heterocycles. The molecule has 2 fully saturated rings. The monoisotopic (exact) mass is 329 g/mol. The van der Waals surface area contributed by atoms with Crippen molar-refractivity contribution in [1.29, 1.82) is 0 Å². The lowest BCUT2D eigenvalue weighted by molar-refractivity contribution is -0.138. The van der Waals surface area contributed by atoms with Gasteiger partial charge in [-0.05, 0) is 18.9 Å². The molecule has 0 spiro atoms. The average Bonchev–Trinajstić information content (AvgIpc) is 2.99. The molecule has 108 valence electrons. The Hall–Kier alpha value is -0.380. The summed E-state index contributed by atoms with van der Waals surface area (Å²) >= 11 is 14.2. The summed E-state index contributed by atoms with van der Waals surface area (Å²) in [6.07, 6.45) is 0.549. The van der Waals surface area contributed by atoms with Crippen molar-refractivity contribution in [1.82, 2.24) is 4.90 Å². The van der Waals surface area contributed by atoms with Gasteiger partial charge >= 0.3 is 0 Å². The number of hydrogen-bond donors (Lipinski definition) is 0. The van der Waals surface area contributed by atoms with Crippen LogP contribution < -0.4 is 0 Å². The van der Waals surface area contributed by atoms with Gasteiger partial charge in [-0.25, -0.2) is 0 Å². The Labute approximate surface area is 133 Å². The molecule has 1 aliphatic carbocycles. The molecule has 3 rings (SSSR count). The van der Waals surface area contributed by atoms with Crippen molar-refractivity contribution in [2.75, 3.05) is 18.1 Å². The second kappa shape index (κ2) is 5.11. The highest BCUT2D eigenvalue weighted by atomic mass is 35.5. The van der Waals surface area contributed by atoms with Crippen molar-refractivity contribution in [3.63, 3.8) is 0 Å². The number of amides is 1. The molecule has 20 heavy (non-hydrogen) atoms. The Balaban J connectivity index is 1.85. The standard InChI is InChI=1S/C15H17Cl2NOS/c1-14(10-15(14,16)17)13(19)18-7-8-20-9-12(18)11-5-3-2-4-6-11/h2-6,12H,7-10H2,1H3/t12-,14-/m0/s1. The van der Waals surface area contributed by atoms with Crippen LogP contribution in [0.3, 0.4) is 0 Å². The quantitative estimate of drug-likeness (QED) is 0.767. The van der Waals surface area contributed by atoms with E-state index in [0.717, 1.165) is 18.1 Å². The summed E-state index contributed by atoms with van der Waals surface area (Å²) < 4.78 is -0.893. The van der Waals surface area contributed by atoms with E-state index in [1.165, 1.54) is 5.56 Å². The molecule has 0 N–H and O–H groups in total. The van der Waals surface area contributed by atoms with Gasteiger partial charge in [-0.1, -0.05) is 30.3 Å². The minimum Gasteiger partial charge on any atom is -0.333 e. The summed E-state index contributed by atoms with van der Waals surface area (Å²) in [5.41, 5.74) is 0.567. The van der Waals surface area contributed by atoms with Gasteiger partial charge in [0, 0.05) is 18.1 Å². The number of alkyl halides is 2. The fraction of sp³-hybridized carbons (Fsp3) is 0.533. The maximum atomic E-state index is 12.8. The largest absolute Gasteiger partial charge is 0.333 e. The van der Waals surface area contributed by atoms with Crippen LogP contribution >= 0.6 is 35.0 Å². The molecular weight excluding hydrogens is 313 g/mol. The lowest BCUT2D eigenvalue weighted by Gasteiger charge is -2.37. The zero-order valence-electron chi connectivity index (χ0n) is 11.3. The third-order valence-electron chi connectivity index (χ3n) is 4.30. The first-order valence-corrected chi connectivity index (χ1v) is 8.68. The van der Waals surface area contributed by atoms with Gasteiger partial charge in [0.15, 0.2) is 0 Å². The van der Waals surface area contributed by atoms with E-state index < -0.39 is 9.75 Å². The van der Waals surface area contributed by atoms with Gasteiger partial charge in [-0.15, -0.1) is 23.2 Å². The van der Waals surface area contributed by atoms with Crippen molar-refractivity contribution < 1.29 is 4.79 Å². The second-order valence-corrected chi connectivity index (χ2v) is 8.35. The van der Waals surface area contributed by atoms with Gasteiger partial charge in [0.05, 0.1) is 11.5 Å². The summed E-state index contributed by atoms with van der Waals surface area (Å²) in [7, 11) is 0. The van der Waals surface area contributed by atoms with Crippen LogP contribution in [0.5, 0.6) is 0 Å². The zero-order chi connectivity index (χ0) is 14.4. The lowest BCUT2D eigenvalue weighted by atomic mass is 10.0. The Kier molecular flexibility index (Phi) is 3.72. The first-order valence-electron chi connectivity index (χ1n) is 6.77. The number of halogens is 2. The van der Waals surface area contributed by atoms with Gasteiger partial charge in [-0.3, -0.25) is 4.79 Å². The van der Waals surface area contributed by atoms with Gasteiger partial charge in [0.25, 0.3) is 0 Å². The van der Waals surface area contributed by atoms with Gasteiger partial charge in [0.2, 0.25) is 5.91 Å². The van der Waals surface area contributed by atoms with Crippen molar-refractivity contribution in [3.05, 3.63) is 35.9 Å². The van der Waals surface area contributed by atoms with Crippen molar-refractivity contribution in [3.8, 4) is 0 Å². The molecule has 2 aliphatic rings. The summed E-state index contributed by atoms with van der Waals surface area (Å²) in [5, 5.41) is 0. The fourth-order valence-corrected chi connectivity index (χ4v) is 4.53. The predicted octanol–water partition coefficient (Wildman–Crippen LogP) is 3.89. The van der Waals surface area contributed by atoms with E-state index >= 15 is 0 Å². The van der Waals surface area contributed by atoms with E-state index in [0.29, 0.717) is 6.42 Å². The van der Waals surface area contributed by atoms with E-state index in [9.17, 15) is 4.79 Å². The fourth-order valence-electron chi connectivity index (χ4n) is 2.75. The topological polar surface area (TPSA) is 20.3 Å². The highest BCUT2D eigenvalue weighted by Crippen LogP contribution is 2.65. The summed E-state index contributed by atoms with van der Waals surface area (Å²) in [6, 6.07) is 10.3. The van der Waals surface area contributed by atoms with Crippen LogP contribution in [-0.4, -0.2) is 33.2 Å². The van der Waals surface area contributed by atoms with Gasteiger partial charge < -0.3 is 4.90 Å². The molecule has 0 bridgehead atoms. The number of nitrogens with zero attached hydrogens (tertiary/aromatic N) is 1. The minimum absolute atomic E-state index is 0.0941. The number of thioether (sulfide) groups is 1. The van der Waals surface area contributed by atoms with Gasteiger partial charge in [0.1, 0.15) is 4.33 Å². The maximum Gasteiger partial charge on any atom is 0.232 e. The molecule has 5 heteroatoms. The highest BCUT2D eigenvalue weighted by molar-refractivity contribution is 7.99. The zero-order valence-corrected chi connectivity index (χ0v) is 13.6. The van der Waals surface area contributed by atoms with Crippen LogP contribution in [0, 0.1) is 5.41 Å². The van der Waals surface area contributed by atoms with E-state index in [-0.39, 0.29) is 11.9 Å². The van der Waals surface area contributed by atoms with E-state index in [2.05, 4.69) is 12.1 Å². The number of carbonyl (C=O) groups excluding carboxylic acids is 1. The molecule has 1 aromatic rings. The molecule has 1 aliphatic heterocycles. The number of benzene rings is 1. The van der Waals surface area contributed by atoms with Crippen LogP contribution in [0.25, 0.3) is 0 Å². The molecule has 0 radical (unpaired) electrons. The second-order valence-electron chi connectivity index (χ2n) is 5.71. The predicted molar refractivity (Wildman–Crippen MR) is 85.4 cm³/mol. The molecule has 1 aromatic carbocycles. The van der Waals surface area contributed by atoms with Crippen LogP contribution in [0.2, 0.25) is 0 Å². The first-order chi connectivity index (χ1) is 9.46. The van der Waals surface area contributed by atoms with Crippen LogP contribution in [0.1, 0.15) is 24.9 Å². The molecule has 0 unspecified atom stereocenters. The molecule has 1 amide bonds. The third-order valence-corrected chi connectivity index (χ3v) is 6.43. The van der Waals surface area contributed by atoms with Crippen LogP contribution in [0.15, 0.2) is 30.3 Å². The minimum atomic E-state index is -0.893. The maximum absolute atomic E-state index is 12.8. The average molecular weight is 330 g/mol. The van der Waals surface area contributed by atoms with Crippen LogP contribution in [-0.2, 0) is 4.79 Å². The highest BCUT2D eigenvalue weighted by Gasteiger charge is 2.69. The molecule has 1 saturated carbocycles. The Morgan fingerprint density at radius 3 is 2.60 bits per heavy atom. The lowest BCUT2D eigenvalue weighted by Crippen LogP contribution is -2.45. The Morgan fingerprint density at radius 1 is 1.35 bits per heavy atom. The molecule has 0 aromatic heterocycles. The normalized spacial score (nSPS) is 31.9. The summed E-state index contributed by atoms with van der Waals surface area (Å²) in [6.45, 7) is 2.64. The number of carbonyl (C=O) groups is 1. The summed E-state index contributed by atoms with van der Waals surface area (Å²) in [4.78, 5) is 14.8. The molecule has 1 heterocycles. The Morgan fingerprint density at radius 2 is 2.00 bits per heavy atom. The molecule has 2 atom stereocenters. The van der Waals surface area contributed by atoms with Gasteiger partial charge in [-0.2, -0.15) is 11.8 Å². The summed E-state index contributed by atoms with van der Waals surface area (Å²) in [5.74, 6) is 2.00. The Bertz CT molecular complexity index is 522. The molecular formula is C15H17Cl2NOS. The van der Waals surface area contributed by atoms with E-state index in [1.807, 2.05) is 41.8 Å². The SMILES string of the molecule is C[C@@]1(C(=O)N2CCSC[C@H]2c2ccccc2)CC1(Cl)Cl. The third kappa shape index (κ3) is 2.34. The van der Waals surface area contributed by atoms with Crippen molar-refractivity contribution in [2.45, 2.75) is 23.7 Å². The number of rotatable bonds is 2. The first kappa shape index (κ1) is 14.6.